The van der Waals surface area contributed by atoms with Crippen molar-refractivity contribution in [2.45, 2.75) is 18.9 Å². The number of aromatic nitrogens is 2. The van der Waals surface area contributed by atoms with E-state index in [-0.39, 0.29) is 11.3 Å². The second-order valence-electron chi connectivity index (χ2n) is 6.18. The van der Waals surface area contributed by atoms with Crippen LogP contribution in [0.3, 0.4) is 0 Å². The molecule has 0 aliphatic rings. The van der Waals surface area contributed by atoms with E-state index >= 15 is 0 Å². The second-order valence-corrected chi connectivity index (χ2v) is 6.18. The molecule has 0 bridgehead atoms. The third-order valence-corrected chi connectivity index (χ3v) is 4.04. The van der Waals surface area contributed by atoms with Crippen LogP contribution in [0.1, 0.15) is 27.2 Å². The van der Waals surface area contributed by atoms with E-state index in [0.29, 0.717) is 10.9 Å². The van der Waals surface area contributed by atoms with E-state index < -0.39 is 47.4 Å². The molecule has 0 spiro atoms. The molecule has 0 atom stereocenters. The minimum atomic E-state index is -5.01. The van der Waals surface area contributed by atoms with Gasteiger partial charge in [-0.25, -0.2) is 9.07 Å². The second kappa shape index (κ2) is 7.81. The summed E-state index contributed by atoms with van der Waals surface area (Å²) in [5.74, 6) is -1.99. The number of nitrogens with one attached hydrogen (secondary N) is 1. The Morgan fingerprint density at radius 3 is 2.30 bits per heavy atom. The lowest BCUT2D eigenvalue weighted by Gasteiger charge is -2.13. The van der Waals surface area contributed by atoms with Crippen molar-refractivity contribution in [2.75, 3.05) is 0 Å². The van der Waals surface area contributed by atoms with Crippen LogP contribution in [-0.4, -0.2) is 15.7 Å². The van der Waals surface area contributed by atoms with Gasteiger partial charge < -0.3 is 5.32 Å². The van der Waals surface area contributed by atoms with Crippen LogP contribution in [0.15, 0.2) is 54.7 Å². The summed E-state index contributed by atoms with van der Waals surface area (Å²) >= 11 is 0. The van der Waals surface area contributed by atoms with Gasteiger partial charge in [0.05, 0.1) is 23.0 Å². The van der Waals surface area contributed by atoms with Gasteiger partial charge in [-0.15, -0.1) is 0 Å². The van der Waals surface area contributed by atoms with E-state index in [1.54, 1.807) is 0 Å². The van der Waals surface area contributed by atoms with E-state index in [4.69, 9.17) is 0 Å². The van der Waals surface area contributed by atoms with Gasteiger partial charge in [-0.2, -0.15) is 31.4 Å². The highest BCUT2D eigenvalue weighted by atomic mass is 19.4. The van der Waals surface area contributed by atoms with E-state index in [1.165, 1.54) is 18.2 Å². The first-order chi connectivity index (χ1) is 14.0. The van der Waals surface area contributed by atoms with E-state index in [1.807, 2.05) is 0 Å². The van der Waals surface area contributed by atoms with Gasteiger partial charge in [0.25, 0.3) is 5.91 Å². The van der Waals surface area contributed by atoms with Gasteiger partial charge in [0.15, 0.2) is 5.69 Å². The van der Waals surface area contributed by atoms with Crippen LogP contribution in [0.4, 0.5) is 30.7 Å². The van der Waals surface area contributed by atoms with Crippen molar-refractivity contribution >= 4 is 5.91 Å². The molecule has 1 N–H and O–H groups in total. The SMILES string of the molecule is O=C(NCc1cccc(C(F)(F)F)c1)c1cnn(-c2cccc(F)c2)c1C(F)(F)F. The Morgan fingerprint density at radius 1 is 0.967 bits per heavy atom. The average molecular weight is 431 g/mol. The minimum Gasteiger partial charge on any atom is -0.348 e. The molecule has 1 aromatic heterocycles. The highest BCUT2D eigenvalue weighted by molar-refractivity contribution is 5.95. The van der Waals surface area contributed by atoms with Gasteiger partial charge >= 0.3 is 12.4 Å². The van der Waals surface area contributed by atoms with E-state index in [0.717, 1.165) is 30.3 Å². The number of alkyl halides is 6. The fraction of sp³-hybridized carbons (Fsp3) is 0.158. The number of benzene rings is 2. The number of hydrogen-bond donors (Lipinski definition) is 1. The zero-order chi connectivity index (χ0) is 22.1. The Balaban J connectivity index is 1.88. The van der Waals surface area contributed by atoms with Crippen molar-refractivity contribution in [3.05, 3.63) is 82.9 Å². The fourth-order valence-electron chi connectivity index (χ4n) is 2.73. The smallest absolute Gasteiger partial charge is 0.348 e. The lowest BCUT2D eigenvalue weighted by atomic mass is 10.1. The number of nitrogens with zero attached hydrogens (tertiary/aromatic N) is 2. The van der Waals surface area contributed by atoms with Crippen LogP contribution in [0.5, 0.6) is 0 Å². The first-order valence-corrected chi connectivity index (χ1v) is 8.32. The molecule has 0 aliphatic carbocycles. The summed E-state index contributed by atoms with van der Waals surface area (Å²) in [6, 6.07) is 8.21. The molecule has 4 nitrogen and oxygen atoms in total. The third-order valence-electron chi connectivity index (χ3n) is 4.04. The molecule has 2 aromatic carbocycles. The van der Waals surface area contributed by atoms with Gasteiger partial charge in [-0.3, -0.25) is 4.79 Å². The van der Waals surface area contributed by atoms with Gasteiger partial charge in [0, 0.05) is 6.54 Å². The fourth-order valence-corrected chi connectivity index (χ4v) is 2.73. The maximum Gasteiger partial charge on any atom is 0.434 e. The molecule has 0 fully saturated rings. The molecule has 158 valence electrons. The van der Waals surface area contributed by atoms with Crippen LogP contribution >= 0.6 is 0 Å². The summed E-state index contributed by atoms with van der Waals surface area (Å²) in [5, 5.41) is 5.69. The number of hydrogen-bond acceptors (Lipinski definition) is 2. The van der Waals surface area contributed by atoms with Crippen LogP contribution in [-0.2, 0) is 18.9 Å². The van der Waals surface area contributed by atoms with E-state index in [9.17, 15) is 35.5 Å². The number of carbonyl (C=O) groups is 1. The zero-order valence-electron chi connectivity index (χ0n) is 14.9. The Labute approximate surface area is 164 Å². The quantitative estimate of drug-likeness (QED) is 0.593. The molecule has 0 saturated heterocycles. The first-order valence-electron chi connectivity index (χ1n) is 8.32. The zero-order valence-corrected chi connectivity index (χ0v) is 14.9. The Morgan fingerprint density at radius 2 is 1.67 bits per heavy atom. The standard InChI is InChI=1S/C19H12F7N3O/c20-13-5-2-6-14(8-13)29-16(19(24,25)26)15(10-28-29)17(30)27-9-11-3-1-4-12(7-11)18(21,22)23/h1-8,10H,9H2,(H,27,30). The normalized spacial score (nSPS) is 12.1. The lowest BCUT2D eigenvalue weighted by molar-refractivity contribution is -0.143. The Hall–Kier alpha value is -3.37. The Bertz CT molecular complexity index is 1070. The summed E-state index contributed by atoms with van der Waals surface area (Å²) in [4.78, 5) is 12.3. The van der Waals surface area contributed by atoms with Crippen molar-refractivity contribution in [1.29, 1.82) is 0 Å². The predicted octanol–water partition coefficient (Wildman–Crippen LogP) is 4.98. The molecule has 0 saturated carbocycles. The first kappa shape index (κ1) is 21.3. The van der Waals surface area contributed by atoms with Crippen LogP contribution < -0.4 is 5.32 Å². The summed E-state index contributed by atoms with van der Waals surface area (Å²) in [7, 11) is 0. The molecular formula is C19H12F7N3O. The minimum absolute atomic E-state index is 0.0456. The average Bonchev–Trinajstić information content (AvgIpc) is 3.11. The summed E-state index contributed by atoms with van der Waals surface area (Å²) < 4.78 is 92.8. The third kappa shape index (κ3) is 4.61. The number of carbonyl (C=O) groups excluding carboxylic acids is 1. The van der Waals surface area contributed by atoms with Gasteiger partial charge in [0.1, 0.15) is 5.82 Å². The van der Waals surface area contributed by atoms with Crippen molar-refractivity contribution in [3.8, 4) is 5.69 Å². The number of amides is 1. The van der Waals surface area contributed by atoms with Crippen molar-refractivity contribution < 1.29 is 35.5 Å². The summed E-state index contributed by atoms with van der Waals surface area (Å²) in [5.41, 5.74) is -3.44. The van der Waals surface area contributed by atoms with Crippen molar-refractivity contribution in [1.82, 2.24) is 15.1 Å². The van der Waals surface area contributed by atoms with Gasteiger partial charge in [-0.1, -0.05) is 18.2 Å². The predicted molar refractivity (Wildman–Crippen MR) is 91.1 cm³/mol. The lowest BCUT2D eigenvalue weighted by Crippen LogP contribution is -2.26. The van der Waals surface area contributed by atoms with E-state index in [2.05, 4.69) is 10.4 Å². The summed E-state index contributed by atoms with van der Waals surface area (Å²) in [6.07, 6.45) is -8.95. The maximum atomic E-state index is 13.6. The summed E-state index contributed by atoms with van der Waals surface area (Å²) in [6.45, 7) is -0.439. The maximum absolute atomic E-state index is 13.6. The molecule has 11 heteroatoms. The molecule has 3 aromatic rings. The highest BCUT2D eigenvalue weighted by Gasteiger charge is 2.40. The molecule has 30 heavy (non-hydrogen) atoms. The molecule has 3 rings (SSSR count). The van der Waals surface area contributed by atoms with Crippen molar-refractivity contribution in [3.63, 3.8) is 0 Å². The Kier molecular flexibility index (Phi) is 5.55. The topological polar surface area (TPSA) is 46.9 Å². The van der Waals surface area contributed by atoms with Gasteiger partial charge in [-0.05, 0) is 35.9 Å². The van der Waals surface area contributed by atoms with Crippen LogP contribution in [0.25, 0.3) is 5.69 Å². The molecule has 0 radical (unpaired) electrons. The van der Waals surface area contributed by atoms with Crippen molar-refractivity contribution in [2.24, 2.45) is 0 Å². The molecule has 1 amide bonds. The number of rotatable bonds is 4. The monoisotopic (exact) mass is 431 g/mol. The largest absolute Gasteiger partial charge is 0.434 e. The molecular weight excluding hydrogens is 419 g/mol. The van der Waals surface area contributed by atoms with Crippen LogP contribution in [0, 0.1) is 5.82 Å². The molecule has 0 aliphatic heterocycles. The van der Waals surface area contributed by atoms with Crippen LogP contribution in [0.2, 0.25) is 0 Å². The molecule has 0 unspecified atom stereocenters. The highest BCUT2D eigenvalue weighted by Crippen LogP contribution is 2.34. The van der Waals surface area contributed by atoms with Gasteiger partial charge in [0.2, 0.25) is 0 Å². The molecule has 1 heterocycles. The number of halogens is 7.